The third kappa shape index (κ3) is 3.72. The lowest BCUT2D eigenvalue weighted by molar-refractivity contribution is 0.0697. The number of carbonyl (C=O) groups is 1. The average molecular weight is 361 g/mol. The number of carboxylic acids is 1. The van der Waals surface area contributed by atoms with Crippen molar-refractivity contribution < 1.29 is 9.90 Å². The number of hydrogen-bond acceptors (Lipinski definition) is 6. The molecule has 0 aliphatic carbocycles. The van der Waals surface area contributed by atoms with Crippen LogP contribution in [0.15, 0.2) is 60.9 Å². The van der Waals surface area contributed by atoms with Gasteiger partial charge in [-0.3, -0.25) is 4.98 Å². The number of rotatable bonds is 4. The number of anilines is 2. The molecule has 3 heterocycles. The molecule has 0 bridgehead atoms. The lowest BCUT2D eigenvalue weighted by Gasteiger charge is -2.36. The molecule has 1 saturated heterocycles. The zero-order valence-corrected chi connectivity index (χ0v) is 14.7. The van der Waals surface area contributed by atoms with Crippen LogP contribution in [0.25, 0.3) is 11.4 Å². The first kappa shape index (κ1) is 17.0. The second-order valence-electron chi connectivity index (χ2n) is 6.29. The number of piperazine rings is 1. The minimum absolute atomic E-state index is 0.191. The van der Waals surface area contributed by atoms with Crippen molar-refractivity contribution in [3.63, 3.8) is 0 Å². The number of para-hydroxylation sites is 1. The van der Waals surface area contributed by atoms with Gasteiger partial charge < -0.3 is 14.9 Å². The van der Waals surface area contributed by atoms with Crippen LogP contribution in [0.3, 0.4) is 0 Å². The van der Waals surface area contributed by atoms with Crippen molar-refractivity contribution in [3.05, 3.63) is 66.5 Å². The summed E-state index contributed by atoms with van der Waals surface area (Å²) in [5.41, 5.74) is 2.56. The van der Waals surface area contributed by atoms with Gasteiger partial charge in [0.25, 0.3) is 0 Å². The van der Waals surface area contributed by atoms with Gasteiger partial charge in [-0.15, -0.1) is 0 Å². The highest BCUT2D eigenvalue weighted by atomic mass is 16.4. The van der Waals surface area contributed by atoms with Gasteiger partial charge >= 0.3 is 5.97 Å². The van der Waals surface area contributed by atoms with Gasteiger partial charge in [-0.25, -0.2) is 14.8 Å². The first-order chi connectivity index (χ1) is 13.2. The number of hydrogen-bond donors (Lipinski definition) is 1. The van der Waals surface area contributed by atoms with Crippen LogP contribution >= 0.6 is 0 Å². The quantitative estimate of drug-likeness (QED) is 0.765. The van der Waals surface area contributed by atoms with Crippen molar-refractivity contribution in [1.29, 1.82) is 0 Å². The molecule has 7 nitrogen and oxygen atoms in total. The van der Waals surface area contributed by atoms with Gasteiger partial charge in [-0.1, -0.05) is 18.2 Å². The molecule has 0 saturated carbocycles. The summed E-state index contributed by atoms with van der Waals surface area (Å²) in [5.74, 6) is -0.340. The van der Waals surface area contributed by atoms with E-state index >= 15 is 0 Å². The summed E-state index contributed by atoms with van der Waals surface area (Å²) >= 11 is 0. The molecule has 0 amide bonds. The molecule has 2 aromatic heterocycles. The van der Waals surface area contributed by atoms with Crippen LogP contribution in [0.2, 0.25) is 0 Å². The molecule has 1 N–H and O–H groups in total. The Hall–Kier alpha value is -3.48. The fourth-order valence-electron chi connectivity index (χ4n) is 3.15. The lowest BCUT2D eigenvalue weighted by atomic mass is 10.2. The number of aromatic carboxylic acids is 1. The van der Waals surface area contributed by atoms with Crippen LogP contribution in [0.4, 0.5) is 11.6 Å². The Balaban J connectivity index is 1.50. The number of benzene rings is 1. The Labute approximate surface area is 156 Å². The molecule has 1 aliphatic heterocycles. The Kier molecular flexibility index (Phi) is 4.65. The van der Waals surface area contributed by atoms with E-state index < -0.39 is 5.97 Å². The first-order valence-corrected chi connectivity index (χ1v) is 8.78. The highest BCUT2D eigenvalue weighted by Crippen LogP contribution is 2.21. The Morgan fingerprint density at radius 3 is 2.30 bits per heavy atom. The second-order valence-corrected chi connectivity index (χ2v) is 6.29. The molecule has 0 unspecified atom stereocenters. The zero-order chi connectivity index (χ0) is 18.6. The predicted molar refractivity (Wildman–Crippen MR) is 103 cm³/mol. The predicted octanol–water partition coefficient (Wildman–Crippen LogP) is 2.56. The Morgan fingerprint density at radius 2 is 1.56 bits per heavy atom. The molecule has 0 atom stereocenters. The van der Waals surface area contributed by atoms with Gasteiger partial charge in [0, 0.05) is 44.3 Å². The van der Waals surface area contributed by atoms with Crippen molar-refractivity contribution in [3.8, 4) is 11.4 Å². The van der Waals surface area contributed by atoms with E-state index in [4.69, 9.17) is 5.11 Å². The first-order valence-electron chi connectivity index (χ1n) is 8.78. The van der Waals surface area contributed by atoms with Crippen LogP contribution in [0.1, 0.15) is 10.4 Å². The second kappa shape index (κ2) is 7.41. The van der Waals surface area contributed by atoms with Crippen LogP contribution in [0.5, 0.6) is 0 Å². The maximum absolute atomic E-state index is 11.2. The van der Waals surface area contributed by atoms with E-state index in [1.54, 1.807) is 12.3 Å². The summed E-state index contributed by atoms with van der Waals surface area (Å²) < 4.78 is 0. The van der Waals surface area contributed by atoms with Crippen LogP contribution in [-0.2, 0) is 0 Å². The van der Waals surface area contributed by atoms with Crippen LogP contribution < -0.4 is 9.80 Å². The largest absolute Gasteiger partial charge is 0.478 e. The van der Waals surface area contributed by atoms with Gasteiger partial charge in [0.15, 0.2) is 0 Å². The zero-order valence-electron chi connectivity index (χ0n) is 14.7. The van der Waals surface area contributed by atoms with Crippen molar-refractivity contribution in [1.82, 2.24) is 15.0 Å². The number of nitrogens with zero attached hydrogens (tertiary/aromatic N) is 5. The summed E-state index contributed by atoms with van der Waals surface area (Å²) in [6, 6.07) is 15.1. The fraction of sp³-hybridized carbons (Fsp3) is 0.200. The maximum Gasteiger partial charge on any atom is 0.335 e. The number of carboxylic acid groups (broad SMARTS) is 1. The van der Waals surface area contributed by atoms with Crippen molar-refractivity contribution in [2.24, 2.45) is 0 Å². The molecule has 0 radical (unpaired) electrons. The summed E-state index contributed by atoms with van der Waals surface area (Å²) in [4.78, 5) is 28.9. The summed E-state index contributed by atoms with van der Waals surface area (Å²) in [6.07, 6.45) is 3.18. The van der Waals surface area contributed by atoms with E-state index in [-0.39, 0.29) is 5.56 Å². The van der Waals surface area contributed by atoms with Crippen molar-refractivity contribution in [2.75, 3.05) is 36.0 Å². The van der Waals surface area contributed by atoms with E-state index in [0.29, 0.717) is 17.3 Å². The minimum Gasteiger partial charge on any atom is -0.478 e. The van der Waals surface area contributed by atoms with E-state index in [9.17, 15) is 4.79 Å². The Bertz CT molecular complexity index is 940. The van der Waals surface area contributed by atoms with Crippen LogP contribution in [0, 0.1) is 0 Å². The lowest BCUT2D eigenvalue weighted by Crippen LogP contribution is -2.47. The fourth-order valence-corrected chi connectivity index (χ4v) is 3.15. The van der Waals surface area contributed by atoms with E-state index in [2.05, 4.69) is 36.9 Å². The topological polar surface area (TPSA) is 82.4 Å². The van der Waals surface area contributed by atoms with Gasteiger partial charge in [0.05, 0.1) is 17.0 Å². The molecular weight excluding hydrogens is 342 g/mol. The van der Waals surface area contributed by atoms with Gasteiger partial charge in [0.1, 0.15) is 0 Å². The molecule has 0 spiro atoms. The molecule has 1 aromatic carbocycles. The summed E-state index contributed by atoms with van der Waals surface area (Å²) in [7, 11) is 0. The molecule has 136 valence electrons. The third-order valence-corrected chi connectivity index (χ3v) is 4.60. The van der Waals surface area contributed by atoms with E-state index in [0.717, 1.165) is 26.2 Å². The molecular formula is C20H19N5O2. The standard InChI is InChI=1S/C20H19N5O2/c26-19(27)15-6-8-21-18(14-15)17-7-9-22-20(23-17)25-12-10-24(11-13-25)16-4-2-1-3-5-16/h1-9,14H,10-13H2,(H,26,27). The monoisotopic (exact) mass is 361 g/mol. The molecule has 4 rings (SSSR count). The SMILES string of the molecule is O=C(O)c1ccnc(-c2ccnc(N3CCN(c4ccccc4)CC3)n2)c1. The normalized spacial score (nSPS) is 14.2. The molecule has 1 aliphatic rings. The number of pyridine rings is 1. The maximum atomic E-state index is 11.2. The van der Waals surface area contributed by atoms with Gasteiger partial charge in [-0.05, 0) is 30.3 Å². The molecule has 7 heteroatoms. The van der Waals surface area contributed by atoms with Crippen LogP contribution in [-0.4, -0.2) is 52.2 Å². The van der Waals surface area contributed by atoms with Gasteiger partial charge in [0.2, 0.25) is 5.95 Å². The summed E-state index contributed by atoms with van der Waals surface area (Å²) in [6.45, 7) is 3.43. The minimum atomic E-state index is -0.982. The van der Waals surface area contributed by atoms with Gasteiger partial charge in [-0.2, -0.15) is 0 Å². The average Bonchev–Trinajstić information content (AvgIpc) is 2.75. The summed E-state index contributed by atoms with van der Waals surface area (Å²) in [5, 5.41) is 9.16. The molecule has 1 fully saturated rings. The molecule has 27 heavy (non-hydrogen) atoms. The highest BCUT2D eigenvalue weighted by Gasteiger charge is 2.19. The highest BCUT2D eigenvalue weighted by molar-refractivity contribution is 5.88. The third-order valence-electron chi connectivity index (χ3n) is 4.60. The molecule has 3 aromatic rings. The van der Waals surface area contributed by atoms with Crippen molar-refractivity contribution >= 4 is 17.6 Å². The number of aromatic nitrogens is 3. The van der Waals surface area contributed by atoms with Crippen molar-refractivity contribution in [2.45, 2.75) is 0 Å². The van der Waals surface area contributed by atoms with E-state index in [1.165, 1.54) is 24.0 Å². The smallest absolute Gasteiger partial charge is 0.335 e. The Morgan fingerprint density at radius 1 is 0.852 bits per heavy atom. The van der Waals surface area contributed by atoms with E-state index in [1.807, 2.05) is 18.2 Å².